The lowest BCUT2D eigenvalue weighted by atomic mass is 9.85. The molecule has 0 aliphatic carbocycles. The van der Waals surface area contributed by atoms with Crippen LogP contribution in [-0.2, 0) is 0 Å². The summed E-state index contributed by atoms with van der Waals surface area (Å²) in [6.07, 6.45) is 3.30. The number of aromatic nitrogens is 2. The summed E-state index contributed by atoms with van der Waals surface area (Å²) >= 11 is 0. The van der Waals surface area contributed by atoms with Gasteiger partial charge in [0.1, 0.15) is 0 Å². The summed E-state index contributed by atoms with van der Waals surface area (Å²) in [5, 5.41) is 1.96. The second-order valence-electron chi connectivity index (χ2n) is 9.66. The first kappa shape index (κ1) is 22.2. The van der Waals surface area contributed by atoms with Crippen molar-refractivity contribution in [2.45, 2.75) is 0 Å². The average molecular weight is 521 g/mol. The van der Waals surface area contributed by atoms with Crippen LogP contribution in [0.4, 0.5) is 11.4 Å². The number of nitrogens with zero attached hydrogens (tertiary/aromatic N) is 4. The Balaban J connectivity index is 1.33. The van der Waals surface area contributed by atoms with E-state index in [1.807, 2.05) is 24.3 Å². The van der Waals surface area contributed by atoms with Crippen LogP contribution >= 0.6 is 0 Å². The van der Waals surface area contributed by atoms with Gasteiger partial charge >= 0.3 is 0 Å². The molecule has 2 aromatic heterocycles. The molecule has 8 nitrogen and oxygen atoms in total. The number of rotatable bonds is 2. The lowest BCUT2D eigenvalue weighted by Gasteiger charge is -2.32. The molecule has 4 aromatic carbocycles. The highest BCUT2D eigenvalue weighted by molar-refractivity contribution is 6.43. The van der Waals surface area contributed by atoms with Gasteiger partial charge in [-0.05, 0) is 72.8 Å². The van der Waals surface area contributed by atoms with E-state index in [2.05, 4.69) is 9.97 Å². The molecule has 40 heavy (non-hydrogen) atoms. The SMILES string of the molecule is O=C1c2ccc3c4c(ccc(c24)C(=O)N1c1cccc2ncccc12)C(=O)N(c1cccc2ncccc12)C3=O. The van der Waals surface area contributed by atoms with Gasteiger partial charge in [-0.3, -0.25) is 29.1 Å². The maximum atomic E-state index is 13.9. The minimum atomic E-state index is -0.528. The van der Waals surface area contributed by atoms with Crippen molar-refractivity contribution in [3.8, 4) is 0 Å². The number of carbonyl (C=O) groups excluding carboxylic acids is 4. The highest BCUT2D eigenvalue weighted by Crippen LogP contribution is 2.41. The molecular weight excluding hydrogens is 504 g/mol. The highest BCUT2D eigenvalue weighted by atomic mass is 16.2. The van der Waals surface area contributed by atoms with Crippen LogP contribution in [0.5, 0.6) is 0 Å². The fourth-order valence-electron chi connectivity index (χ4n) is 5.88. The van der Waals surface area contributed by atoms with Crippen LogP contribution in [0.1, 0.15) is 41.4 Å². The summed E-state index contributed by atoms with van der Waals surface area (Å²) in [6, 6.07) is 23.9. The summed E-state index contributed by atoms with van der Waals surface area (Å²) in [7, 11) is 0. The third kappa shape index (κ3) is 2.79. The van der Waals surface area contributed by atoms with Gasteiger partial charge in [0.15, 0.2) is 0 Å². The zero-order chi connectivity index (χ0) is 27.1. The Hall–Kier alpha value is -5.76. The van der Waals surface area contributed by atoms with Gasteiger partial charge in [0.2, 0.25) is 0 Å². The molecular formula is C32H16N4O4. The summed E-state index contributed by atoms with van der Waals surface area (Å²) in [5.41, 5.74) is 3.14. The Labute approximate surface area is 226 Å². The fourth-order valence-corrected chi connectivity index (χ4v) is 5.88. The first-order valence-corrected chi connectivity index (χ1v) is 12.6. The molecule has 2 aliphatic heterocycles. The number of fused-ring (bicyclic) bond motifs is 2. The third-order valence-corrected chi connectivity index (χ3v) is 7.62. The second kappa shape index (κ2) is 7.87. The van der Waals surface area contributed by atoms with Crippen molar-refractivity contribution in [2.75, 3.05) is 9.80 Å². The van der Waals surface area contributed by atoms with E-state index in [1.165, 1.54) is 0 Å². The van der Waals surface area contributed by atoms with E-state index < -0.39 is 23.6 Å². The lowest BCUT2D eigenvalue weighted by molar-refractivity contribution is 0.0873. The van der Waals surface area contributed by atoms with Crippen LogP contribution in [0, 0.1) is 0 Å². The van der Waals surface area contributed by atoms with E-state index >= 15 is 0 Å². The van der Waals surface area contributed by atoms with Crippen LogP contribution in [-0.4, -0.2) is 33.6 Å². The molecule has 0 bridgehead atoms. The topological polar surface area (TPSA) is 101 Å². The van der Waals surface area contributed by atoms with Gasteiger partial charge in [-0.15, -0.1) is 0 Å². The van der Waals surface area contributed by atoms with Crippen molar-refractivity contribution in [1.82, 2.24) is 9.97 Å². The largest absolute Gasteiger partial charge is 0.268 e. The van der Waals surface area contributed by atoms with Gasteiger partial charge in [-0.1, -0.05) is 12.1 Å². The van der Waals surface area contributed by atoms with Gasteiger partial charge in [0.05, 0.1) is 22.4 Å². The van der Waals surface area contributed by atoms with Crippen LogP contribution in [0.15, 0.2) is 97.3 Å². The molecule has 0 fully saturated rings. The van der Waals surface area contributed by atoms with E-state index in [0.717, 1.165) is 9.80 Å². The maximum Gasteiger partial charge on any atom is 0.266 e. The smallest absolute Gasteiger partial charge is 0.266 e. The molecule has 4 heterocycles. The molecule has 0 saturated carbocycles. The second-order valence-corrected chi connectivity index (χ2v) is 9.66. The lowest BCUT2D eigenvalue weighted by Crippen LogP contribution is -2.43. The Morgan fingerprint density at radius 1 is 0.425 bits per heavy atom. The zero-order valence-corrected chi connectivity index (χ0v) is 20.7. The van der Waals surface area contributed by atoms with Crippen LogP contribution in [0.3, 0.4) is 0 Å². The van der Waals surface area contributed by atoms with E-state index in [-0.39, 0.29) is 22.3 Å². The number of hydrogen-bond donors (Lipinski definition) is 0. The standard InChI is InChI=1S/C32H16N4O4/c37-29-19-11-13-21-28-22(32(40)36(31(21)39)26-10-2-8-24-18(26)6-4-16-34-24)14-12-20(27(19)28)30(38)35(29)25-9-1-7-23-17(25)5-3-15-33-23/h1-16H. The molecule has 8 heteroatoms. The van der Waals surface area contributed by atoms with E-state index in [4.69, 9.17) is 0 Å². The molecule has 0 atom stereocenters. The Bertz CT molecular complexity index is 1940. The van der Waals surface area contributed by atoms with Crippen LogP contribution < -0.4 is 9.80 Å². The van der Waals surface area contributed by atoms with Gasteiger partial charge in [-0.2, -0.15) is 0 Å². The zero-order valence-electron chi connectivity index (χ0n) is 20.7. The number of pyridine rings is 2. The van der Waals surface area contributed by atoms with Gasteiger partial charge < -0.3 is 0 Å². The molecule has 6 aromatic rings. The molecule has 0 radical (unpaired) electrons. The van der Waals surface area contributed by atoms with Gasteiger partial charge in [-0.25, -0.2) is 9.80 Å². The first-order chi connectivity index (χ1) is 19.5. The fraction of sp³-hybridized carbons (Fsp3) is 0. The Morgan fingerprint density at radius 3 is 1.18 bits per heavy atom. The van der Waals surface area contributed by atoms with Gasteiger partial charge in [0.25, 0.3) is 23.6 Å². The van der Waals surface area contributed by atoms with Crippen molar-refractivity contribution in [2.24, 2.45) is 0 Å². The molecule has 0 unspecified atom stereocenters. The third-order valence-electron chi connectivity index (χ3n) is 7.62. The summed E-state index contributed by atoms with van der Waals surface area (Å²) in [6.45, 7) is 0. The Kier molecular flexibility index (Phi) is 4.38. The molecule has 8 rings (SSSR count). The van der Waals surface area contributed by atoms with Crippen LogP contribution in [0.2, 0.25) is 0 Å². The minimum Gasteiger partial charge on any atom is -0.268 e. The predicted molar refractivity (Wildman–Crippen MR) is 150 cm³/mol. The van der Waals surface area contributed by atoms with Crippen molar-refractivity contribution in [3.05, 3.63) is 120 Å². The van der Waals surface area contributed by atoms with Crippen LogP contribution in [0.25, 0.3) is 32.6 Å². The van der Waals surface area contributed by atoms with Crippen molar-refractivity contribution >= 4 is 67.6 Å². The molecule has 0 N–H and O–H groups in total. The minimum absolute atomic E-state index is 0.250. The van der Waals surface area contributed by atoms with E-state index in [9.17, 15) is 19.2 Å². The summed E-state index contributed by atoms with van der Waals surface area (Å²) < 4.78 is 0. The summed E-state index contributed by atoms with van der Waals surface area (Å²) in [4.78, 5) is 66.5. The number of hydrogen-bond acceptors (Lipinski definition) is 6. The number of benzene rings is 4. The number of anilines is 2. The predicted octanol–water partition coefficient (Wildman–Crippen LogP) is 5.54. The van der Waals surface area contributed by atoms with Crippen molar-refractivity contribution in [3.63, 3.8) is 0 Å². The molecule has 0 saturated heterocycles. The monoisotopic (exact) mass is 520 g/mol. The molecule has 188 valence electrons. The normalized spacial score (nSPS) is 14.6. The quantitative estimate of drug-likeness (QED) is 0.278. The summed E-state index contributed by atoms with van der Waals surface area (Å²) in [5.74, 6) is -2.11. The number of carbonyl (C=O) groups is 4. The first-order valence-electron chi connectivity index (χ1n) is 12.6. The average Bonchev–Trinajstić information content (AvgIpc) is 2.99. The number of amides is 4. The molecule has 2 aliphatic rings. The molecule has 4 amide bonds. The Morgan fingerprint density at radius 2 is 0.800 bits per heavy atom. The highest BCUT2D eigenvalue weighted by Gasteiger charge is 2.41. The number of imide groups is 2. The molecule has 0 spiro atoms. The van der Waals surface area contributed by atoms with E-state index in [0.29, 0.717) is 44.0 Å². The van der Waals surface area contributed by atoms with Crippen molar-refractivity contribution in [1.29, 1.82) is 0 Å². The maximum absolute atomic E-state index is 13.9. The van der Waals surface area contributed by atoms with E-state index in [1.54, 1.807) is 73.1 Å². The van der Waals surface area contributed by atoms with Gasteiger partial charge in [0, 0.05) is 56.2 Å². The van der Waals surface area contributed by atoms with Crippen molar-refractivity contribution < 1.29 is 19.2 Å².